The van der Waals surface area contributed by atoms with Crippen LogP contribution in [0.25, 0.3) is 0 Å². The molecular weight excluding hydrogens is 266 g/mol. The number of anilines is 1. The molecule has 6 nitrogen and oxygen atoms in total. The van der Waals surface area contributed by atoms with Crippen LogP contribution in [0, 0.1) is 0 Å². The van der Waals surface area contributed by atoms with Crippen molar-refractivity contribution >= 4 is 27.2 Å². The Hall–Kier alpha value is -2.25. The second-order valence-electron chi connectivity index (χ2n) is 3.73. The zero-order chi connectivity index (χ0) is 13.9. The number of benzene rings is 2. The van der Waals surface area contributed by atoms with Crippen molar-refractivity contribution in [3.05, 3.63) is 48.5 Å². The van der Waals surface area contributed by atoms with Crippen molar-refractivity contribution in [2.24, 2.45) is 10.2 Å². The lowest BCUT2D eigenvalue weighted by Crippen LogP contribution is -1.98. The third kappa shape index (κ3) is 3.36. The first-order valence-electron chi connectivity index (χ1n) is 5.30. The summed E-state index contributed by atoms with van der Waals surface area (Å²) in [6.07, 6.45) is 0. The lowest BCUT2D eigenvalue weighted by Gasteiger charge is -2.01. The summed E-state index contributed by atoms with van der Waals surface area (Å²) < 4.78 is 31.0. The van der Waals surface area contributed by atoms with Gasteiger partial charge in [0.15, 0.2) is 0 Å². The van der Waals surface area contributed by atoms with E-state index >= 15 is 0 Å². The third-order valence-electron chi connectivity index (χ3n) is 2.33. The van der Waals surface area contributed by atoms with E-state index in [9.17, 15) is 8.42 Å². The summed E-state index contributed by atoms with van der Waals surface area (Å²) >= 11 is 0. The lowest BCUT2D eigenvalue weighted by molar-refractivity contribution is 0.483. The SMILES string of the molecule is Nc1ccc(S(=O)(=O)O)cc1N=Nc1ccccc1. The van der Waals surface area contributed by atoms with E-state index in [0.717, 1.165) is 6.07 Å². The highest BCUT2D eigenvalue weighted by atomic mass is 32.2. The number of nitrogens with zero attached hydrogens (tertiary/aromatic N) is 2. The van der Waals surface area contributed by atoms with Crippen LogP contribution < -0.4 is 5.73 Å². The maximum atomic E-state index is 11.0. The standard InChI is InChI=1S/C12H11N3O3S/c13-11-7-6-10(19(16,17)18)8-12(11)15-14-9-4-2-1-3-5-9/h1-8H,13H2,(H,16,17,18). The molecule has 0 spiro atoms. The summed E-state index contributed by atoms with van der Waals surface area (Å²) in [4.78, 5) is -0.274. The summed E-state index contributed by atoms with van der Waals surface area (Å²) in [6, 6.07) is 12.6. The summed E-state index contributed by atoms with van der Waals surface area (Å²) in [5, 5.41) is 7.80. The first-order valence-corrected chi connectivity index (χ1v) is 6.74. The highest BCUT2D eigenvalue weighted by Gasteiger charge is 2.11. The number of nitrogens with two attached hydrogens (primary N) is 1. The van der Waals surface area contributed by atoms with Gasteiger partial charge in [-0.3, -0.25) is 4.55 Å². The Kier molecular flexibility index (Phi) is 3.59. The molecular formula is C12H11N3O3S. The van der Waals surface area contributed by atoms with E-state index in [-0.39, 0.29) is 16.3 Å². The van der Waals surface area contributed by atoms with Gasteiger partial charge in [0, 0.05) is 0 Å². The Labute approximate surface area is 110 Å². The van der Waals surface area contributed by atoms with Crippen molar-refractivity contribution in [2.75, 3.05) is 5.73 Å². The normalized spacial score (nSPS) is 11.8. The van der Waals surface area contributed by atoms with Gasteiger partial charge < -0.3 is 5.73 Å². The molecule has 0 saturated heterocycles. The van der Waals surface area contributed by atoms with Crippen LogP contribution in [-0.2, 0) is 10.1 Å². The number of nitrogen functional groups attached to an aromatic ring is 1. The molecule has 0 heterocycles. The maximum Gasteiger partial charge on any atom is 0.294 e. The van der Waals surface area contributed by atoms with E-state index in [0.29, 0.717) is 5.69 Å². The Balaban J connectivity index is 2.38. The molecule has 0 atom stereocenters. The molecule has 2 aromatic rings. The number of hydrogen-bond acceptors (Lipinski definition) is 5. The summed E-state index contributed by atoms with van der Waals surface area (Å²) in [5.41, 5.74) is 6.73. The minimum Gasteiger partial charge on any atom is -0.397 e. The molecule has 0 aliphatic heterocycles. The maximum absolute atomic E-state index is 11.0. The lowest BCUT2D eigenvalue weighted by atomic mass is 10.3. The fourth-order valence-corrected chi connectivity index (χ4v) is 1.88. The number of rotatable bonds is 3. The smallest absolute Gasteiger partial charge is 0.294 e. The molecule has 0 fully saturated rings. The van der Waals surface area contributed by atoms with Gasteiger partial charge in [-0.05, 0) is 30.3 Å². The summed E-state index contributed by atoms with van der Waals surface area (Å²) in [5.74, 6) is 0. The van der Waals surface area contributed by atoms with Gasteiger partial charge in [-0.2, -0.15) is 13.5 Å². The molecule has 19 heavy (non-hydrogen) atoms. The van der Waals surface area contributed by atoms with Crippen molar-refractivity contribution in [1.29, 1.82) is 0 Å². The van der Waals surface area contributed by atoms with E-state index in [1.807, 2.05) is 6.07 Å². The largest absolute Gasteiger partial charge is 0.397 e. The summed E-state index contributed by atoms with van der Waals surface area (Å²) in [6.45, 7) is 0. The van der Waals surface area contributed by atoms with E-state index in [2.05, 4.69) is 10.2 Å². The highest BCUT2D eigenvalue weighted by molar-refractivity contribution is 7.85. The zero-order valence-corrected chi connectivity index (χ0v) is 10.6. The predicted molar refractivity (Wildman–Crippen MR) is 71.3 cm³/mol. The minimum atomic E-state index is -4.28. The van der Waals surface area contributed by atoms with Crippen LogP contribution in [0.15, 0.2) is 63.7 Å². The molecule has 0 aromatic heterocycles. The Morgan fingerprint density at radius 3 is 2.32 bits per heavy atom. The molecule has 7 heteroatoms. The van der Waals surface area contributed by atoms with Crippen LogP contribution in [0.1, 0.15) is 0 Å². The van der Waals surface area contributed by atoms with Crippen LogP contribution in [-0.4, -0.2) is 13.0 Å². The highest BCUT2D eigenvalue weighted by Crippen LogP contribution is 2.27. The van der Waals surface area contributed by atoms with Gasteiger partial charge in [-0.25, -0.2) is 0 Å². The van der Waals surface area contributed by atoms with Gasteiger partial charge in [0.05, 0.1) is 16.3 Å². The topological polar surface area (TPSA) is 105 Å². The van der Waals surface area contributed by atoms with Crippen molar-refractivity contribution in [3.8, 4) is 0 Å². The number of azo groups is 1. The zero-order valence-electron chi connectivity index (χ0n) is 9.76. The Bertz CT molecular complexity index is 712. The van der Waals surface area contributed by atoms with Crippen molar-refractivity contribution in [2.45, 2.75) is 4.90 Å². The molecule has 0 saturated carbocycles. The average Bonchev–Trinajstić information content (AvgIpc) is 2.37. The van der Waals surface area contributed by atoms with Gasteiger partial charge in [-0.1, -0.05) is 18.2 Å². The van der Waals surface area contributed by atoms with Crippen molar-refractivity contribution in [1.82, 2.24) is 0 Å². The molecule has 3 N–H and O–H groups in total. The molecule has 0 aliphatic rings. The van der Waals surface area contributed by atoms with Crippen LogP contribution in [0.3, 0.4) is 0 Å². The quantitative estimate of drug-likeness (QED) is 0.511. The van der Waals surface area contributed by atoms with Crippen molar-refractivity contribution in [3.63, 3.8) is 0 Å². The van der Waals surface area contributed by atoms with Gasteiger partial charge in [-0.15, -0.1) is 5.11 Å². The second kappa shape index (κ2) is 5.17. The van der Waals surface area contributed by atoms with Crippen LogP contribution in [0.4, 0.5) is 17.1 Å². The third-order valence-corrected chi connectivity index (χ3v) is 3.18. The second-order valence-corrected chi connectivity index (χ2v) is 5.15. The first kappa shape index (κ1) is 13.2. The Morgan fingerprint density at radius 2 is 1.68 bits per heavy atom. The van der Waals surface area contributed by atoms with Crippen LogP contribution in [0.5, 0.6) is 0 Å². The number of hydrogen-bond donors (Lipinski definition) is 2. The molecule has 0 bridgehead atoms. The van der Waals surface area contributed by atoms with Crippen LogP contribution in [0.2, 0.25) is 0 Å². The molecule has 2 rings (SSSR count). The van der Waals surface area contributed by atoms with Gasteiger partial charge in [0.2, 0.25) is 0 Å². The summed E-state index contributed by atoms with van der Waals surface area (Å²) in [7, 11) is -4.28. The van der Waals surface area contributed by atoms with Crippen molar-refractivity contribution < 1.29 is 13.0 Å². The van der Waals surface area contributed by atoms with Crippen LogP contribution >= 0.6 is 0 Å². The van der Waals surface area contributed by atoms with E-state index < -0.39 is 10.1 Å². The fourth-order valence-electron chi connectivity index (χ4n) is 1.38. The average molecular weight is 277 g/mol. The van der Waals surface area contributed by atoms with E-state index in [1.54, 1.807) is 24.3 Å². The van der Waals surface area contributed by atoms with E-state index in [4.69, 9.17) is 10.3 Å². The van der Waals surface area contributed by atoms with E-state index in [1.165, 1.54) is 12.1 Å². The molecule has 0 unspecified atom stereocenters. The molecule has 98 valence electrons. The monoisotopic (exact) mass is 277 g/mol. The molecule has 2 aromatic carbocycles. The Morgan fingerprint density at radius 1 is 1.00 bits per heavy atom. The predicted octanol–water partition coefficient (Wildman–Crippen LogP) is 2.93. The van der Waals surface area contributed by atoms with Gasteiger partial charge in [0.25, 0.3) is 10.1 Å². The minimum absolute atomic E-state index is 0.180. The first-order chi connectivity index (χ1) is 8.97. The molecule has 0 amide bonds. The molecule has 0 aliphatic carbocycles. The fraction of sp³-hybridized carbons (Fsp3) is 0. The molecule has 0 radical (unpaired) electrons. The van der Waals surface area contributed by atoms with Gasteiger partial charge >= 0.3 is 0 Å². The van der Waals surface area contributed by atoms with Gasteiger partial charge in [0.1, 0.15) is 5.69 Å².